The van der Waals surface area contributed by atoms with Gasteiger partial charge in [-0.25, -0.2) is 0 Å². The Morgan fingerprint density at radius 3 is 1.02 bits per heavy atom. The van der Waals surface area contributed by atoms with E-state index in [2.05, 4.69) is 238 Å². The van der Waals surface area contributed by atoms with Crippen LogP contribution in [0.15, 0.2) is 237 Å². The zero-order valence-electron chi connectivity index (χ0n) is 30.9. The van der Waals surface area contributed by atoms with E-state index in [0.29, 0.717) is 0 Å². The third-order valence-electron chi connectivity index (χ3n) is 9.97. The zero-order valence-corrected chi connectivity index (χ0v) is 30.9. The van der Waals surface area contributed by atoms with Crippen molar-refractivity contribution in [2.75, 3.05) is 20.0 Å². The van der Waals surface area contributed by atoms with E-state index in [1.54, 1.807) is 0 Å². The Morgan fingerprint density at radius 1 is 0.232 bits per heavy atom. The van der Waals surface area contributed by atoms with Gasteiger partial charge in [-0.1, -0.05) is 109 Å². The summed E-state index contributed by atoms with van der Waals surface area (Å²) in [6.07, 6.45) is 0. The Balaban J connectivity index is 1.10. The molecule has 9 aromatic rings. The fraction of sp³-hybridized carbons (Fsp3) is 0. The van der Waals surface area contributed by atoms with Crippen molar-refractivity contribution in [3.8, 4) is 0 Å². The van der Waals surface area contributed by atoms with E-state index in [4.69, 9.17) is 0 Å². The number of anilines is 11. The van der Waals surface area contributed by atoms with E-state index in [1.165, 1.54) is 10.8 Å². The molecule has 0 spiro atoms. The van der Waals surface area contributed by atoms with E-state index >= 15 is 0 Å². The molecule has 0 saturated carbocycles. The van der Waals surface area contributed by atoms with Gasteiger partial charge in [0.15, 0.2) is 0 Å². The second-order valence-electron chi connectivity index (χ2n) is 13.6. The summed E-state index contributed by atoms with van der Waals surface area (Å²) in [5.74, 6) is 0. The fourth-order valence-electron chi connectivity index (χ4n) is 7.34. The van der Waals surface area contributed by atoms with Gasteiger partial charge >= 0.3 is 0 Å². The maximum absolute atomic E-state index is 3.51. The maximum atomic E-state index is 3.51. The summed E-state index contributed by atoms with van der Waals surface area (Å²) in [5.41, 5.74) is 11.9. The second kappa shape index (κ2) is 15.8. The molecule has 9 aromatic carbocycles. The molecule has 0 aliphatic rings. The van der Waals surface area contributed by atoms with Crippen LogP contribution in [0.3, 0.4) is 0 Å². The topological polar surface area (TPSA) is 21.8 Å². The van der Waals surface area contributed by atoms with Crippen LogP contribution in [0.1, 0.15) is 0 Å². The molecule has 268 valence electrons. The Kier molecular flexibility index (Phi) is 9.66. The van der Waals surface area contributed by atoms with Crippen LogP contribution in [0.2, 0.25) is 0 Å². The summed E-state index contributed by atoms with van der Waals surface area (Å²) in [6.45, 7) is 0. The van der Waals surface area contributed by atoms with E-state index < -0.39 is 0 Å². The molecule has 4 heteroatoms. The quantitative estimate of drug-likeness (QED) is 0.144. The summed E-state index contributed by atoms with van der Waals surface area (Å²) < 4.78 is 0. The highest BCUT2D eigenvalue weighted by atomic mass is 15.2. The van der Waals surface area contributed by atoms with Gasteiger partial charge in [-0.2, -0.15) is 0 Å². The summed E-state index contributed by atoms with van der Waals surface area (Å²) >= 11 is 0. The zero-order chi connectivity index (χ0) is 37.5. The molecule has 1 N–H and O–H groups in total. The third kappa shape index (κ3) is 7.20. The third-order valence-corrected chi connectivity index (χ3v) is 9.97. The van der Waals surface area contributed by atoms with Gasteiger partial charge in [-0.15, -0.1) is 0 Å². The molecule has 0 aromatic heterocycles. The molecular weight excluding hydrogens is 681 g/mol. The number of nitrogens with zero attached hydrogens (tertiary/aromatic N) is 3. The van der Waals surface area contributed by atoms with E-state index in [0.717, 1.165) is 62.6 Å². The first-order chi connectivity index (χ1) is 27.8. The minimum Gasteiger partial charge on any atom is -0.356 e. The molecule has 0 radical (unpaired) electrons. The van der Waals surface area contributed by atoms with Crippen molar-refractivity contribution < 1.29 is 0 Å². The van der Waals surface area contributed by atoms with E-state index in [-0.39, 0.29) is 0 Å². The average molecular weight is 721 g/mol. The Morgan fingerprint density at radius 2 is 0.554 bits per heavy atom. The molecule has 0 heterocycles. The highest BCUT2D eigenvalue weighted by Crippen LogP contribution is 2.43. The van der Waals surface area contributed by atoms with Gasteiger partial charge in [-0.3, -0.25) is 0 Å². The molecule has 0 bridgehead atoms. The van der Waals surface area contributed by atoms with Crippen molar-refractivity contribution in [1.29, 1.82) is 0 Å². The molecule has 0 amide bonds. The smallest absolute Gasteiger partial charge is 0.0540 e. The molecule has 9 rings (SSSR count). The van der Waals surface area contributed by atoms with Crippen LogP contribution in [0, 0.1) is 0 Å². The average Bonchev–Trinajstić information content (AvgIpc) is 3.27. The van der Waals surface area contributed by atoms with Crippen molar-refractivity contribution in [3.63, 3.8) is 0 Å². The van der Waals surface area contributed by atoms with Gasteiger partial charge in [0.05, 0.1) is 5.69 Å². The minimum absolute atomic E-state index is 1.04. The number of benzene rings is 9. The van der Waals surface area contributed by atoms with Gasteiger partial charge in [0.25, 0.3) is 0 Å². The molecule has 0 aliphatic heterocycles. The fourth-order valence-corrected chi connectivity index (χ4v) is 7.34. The van der Waals surface area contributed by atoms with Gasteiger partial charge in [0, 0.05) is 62.3 Å². The predicted octanol–water partition coefficient (Wildman–Crippen LogP) is 15.0. The lowest BCUT2D eigenvalue weighted by Gasteiger charge is -2.30. The van der Waals surface area contributed by atoms with E-state index in [1.807, 2.05) is 18.2 Å². The molecule has 0 fully saturated rings. The van der Waals surface area contributed by atoms with Gasteiger partial charge in [0.1, 0.15) is 0 Å². The van der Waals surface area contributed by atoms with Crippen molar-refractivity contribution in [1.82, 2.24) is 0 Å². The molecule has 0 atom stereocenters. The highest BCUT2D eigenvalue weighted by Gasteiger charge is 2.19. The van der Waals surface area contributed by atoms with Gasteiger partial charge < -0.3 is 20.0 Å². The summed E-state index contributed by atoms with van der Waals surface area (Å²) in [4.78, 5) is 6.96. The Bertz CT molecular complexity index is 2580. The lowest BCUT2D eigenvalue weighted by atomic mass is 10.1. The SMILES string of the molecule is c1ccc(Nc2ccc(N(c3ccccc3)c3ccc(N(c4ccc(N(c5ccccc5)c5ccccc5)cc4)c4cccc5ccccc45)cc3)cc2)cc1. The summed E-state index contributed by atoms with van der Waals surface area (Å²) in [7, 11) is 0. The first-order valence-electron chi connectivity index (χ1n) is 18.9. The van der Waals surface area contributed by atoms with Crippen molar-refractivity contribution >= 4 is 73.3 Å². The van der Waals surface area contributed by atoms with Crippen LogP contribution < -0.4 is 20.0 Å². The number of nitrogens with one attached hydrogen (secondary N) is 1. The number of hydrogen-bond donors (Lipinski definition) is 1. The van der Waals surface area contributed by atoms with Crippen molar-refractivity contribution in [2.45, 2.75) is 0 Å². The normalized spacial score (nSPS) is 10.9. The molecular formula is C52H40N4. The lowest BCUT2D eigenvalue weighted by Crippen LogP contribution is -2.13. The van der Waals surface area contributed by atoms with Crippen molar-refractivity contribution in [2.24, 2.45) is 0 Å². The standard InChI is InChI=1S/C52H40N4/c1-5-18-41(19-6-1)53-42-28-30-46(31-29-42)55(45-24-11-4-12-25-45)48-34-38-50(39-35-48)56(52-27-15-17-40-16-13-14-26-51(40)52)49-36-32-47(33-37-49)54(43-20-7-2-8-21-43)44-22-9-3-10-23-44/h1-39,53H. The van der Waals surface area contributed by atoms with Crippen molar-refractivity contribution in [3.05, 3.63) is 237 Å². The molecule has 0 saturated heterocycles. The number of hydrogen-bond acceptors (Lipinski definition) is 4. The summed E-state index contributed by atoms with van der Waals surface area (Å²) in [5, 5.41) is 5.90. The maximum Gasteiger partial charge on any atom is 0.0540 e. The van der Waals surface area contributed by atoms with Crippen LogP contribution in [-0.2, 0) is 0 Å². The largest absolute Gasteiger partial charge is 0.356 e. The lowest BCUT2D eigenvalue weighted by molar-refractivity contribution is 1.25. The van der Waals surface area contributed by atoms with Crippen LogP contribution in [0.5, 0.6) is 0 Å². The molecule has 4 nitrogen and oxygen atoms in total. The minimum atomic E-state index is 1.04. The second-order valence-corrected chi connectivity index (χ2v) is 13.6. The molecule has 56 heavy (non-hydrogen) atoms. The van der Waals surface area contributed by atoms with Gasteiger partial charge in [-0.05, 0) is 133 Å². The number of para-hydroxylation sites is 4. The Hall–Kier alpha value is -7.56. The monoisotopic (exact) mass is 720 g/mol. The first kappa shape index (κ1) is 34.2. The van der Waals surface area contributed by atoms with Crippen LogP contribution in [0.25, 0.3) is 10.8 Å². The predicted molar refractivity (Wildman–Crippen MR) is 238 cm³/mol. The van der Waals surface area contributed by atoms with Crippen LogP contribution >= 0.6 is 0 Å². The Labute approximate surface area is 328 Å². The van der Waals surface area contributed by atoms with E-state index in [9.17, 15) is 0 Å². The van der Waals surface area contributed by atoms with Crippen LogP contribution in [0.4, 0.5) is 62.6 Å². The molecule has 0 aliphatic carbocycles. The number of fused-ring (bicyclic) bond motifs is 1. The highest BCUT2D eigenvalue weighted by molar-refractivity contribution is 5.99. The van der Waals surface area contributed by atoms with Gasteiger partial charge in [0.2, 0.25) is 0 Å². The summed E-state index contributed by atoms with van der Waals surface area (Å²) in [6, 6.07) is 83.4. The first-order valence-corrected chi connectivity index (χ1v) is 18.9. The number of rotatable bonds is 11. The molecule has 0 unspecified atom stereocenters. The van der Waals surface area contributed by atoms with Crippen LogP contribution in [-0.4, -0.2) is 0 Å².